The number of carbonyl (C=O) groups is 1. The second kappa shape index (κ2) is 7.43. The van der Waals surface area contributed by atoms with Gasteiger partial charge >= 0.3 is 6.09 Å². The number of allylic oxidation sites excluding steroid dienone is 1. The number of hydrogen-bond acceptors (Lipinski definition) is 3. The molecule has 2 aromatic carbocycles. The standard InChI is InChI=1S/C18H20N2O2/c1-13(2)16-8-15(11-19)9-17(10-16)20-18(21)22-12-14-6-4-3-5-7-14/h3-10H,1,11-12,19H2,2H3,(H,20,21). The predicted molar refractivity (Wildman–Crippen MR) is 89.3 cm³/mol. The second-order valence-corrected chi connectivity index (χ2v) is 5.09. The van der Waals surface area contributed by atoms with Crippen LogP contribution in [0.4, 0.5) is 10.5 Å². The van der Waals surface area contributed by atoms with Gasteiger partial charge in [0.15, 0.2) is 0 Å². The minimum absolute atomic E-state index is 0.233. The molecule has 0 atom stereocenters. The third-order valence-electron chi connectivity index (χ3n) is 3.18. The van der Waals surface area contributed by atoms with Gasteiger partial charge in [0.1, 0.15) is 6.61 Å². The van der Waals surface area contributed by atoms with E-state index in [0.29, 0.717) is 12.2 Å². The first-order valence-electron chi connectivity index (χ1n) is 7.06. The maximum atomic E-state index is 11.9. The molecule has 2 rings (SSSR count). The lowest BCUT2D eigenvalue weighted by atomic mass is 10.0. The van der Waals surface area contributed by atoms with Crippen molar-refractivity contribution in [2.75, 3.05) is 5.32 Å². The Morgan fingerprint density at radius 2 is 1.91 bits per heavy atom. The van der Waals surface area contributed by atoms with Crippen molar-refractivity contribution in [1.82, 2.24) is 0 Å². The van der Waals surface area contributed by atoms with Gasteiger partial charge in [0, 0.05) is 12.2 Å². The molecule has 22 heavy (non-hydrogen) atoms. The van der Waals surface area contributed by atoms with Gasteiger partial charge in [-0.2, -0.15) is 0 Å². The van der Waals surface area contributed by atoms with Gasteiger partial charge in [-0.05, 0) is 35.7 Å². The predicted octanol–water partition coefficient (Wildman–Crippen LogP) is 3.93. The van der Waals surface area contributed by atoms with Gasteiger partial charge in [0.25, 0.3) is 0 Å². The number of nitrogens with two attached hydrogens (primary N) is 1. The fourth-order valence-electron chi connectivity index (χ4n) is 2.01. The zero-order chi connectivity index (χ0) is 15.9. The zero-order valence-corrected chi connectivity index (χ0v) is 12.6. The first-order valence-corrected chi connectivity index (χ1v) is 7.06. The van der Waals surface area contributed by atoms with Crippen molar-refractivity contribution in [3.05, 3.63) is 71.8 Å². The van der Waals surface area contributed by atoms with Crippen LogP contribution in [0, 0.1) is 0 Å². The van der Waals surface area contributed by atoms with Crippen LogP contribution in [-0.4, -0.2) is 6.09 Å². The molecule has 0 fully saturated rings. The first kappa shape index (κ1) is 15.8. The molecule has 0 saturated heterocycles. The van der Waals surface area contributed by atoms with Crippen molar-refractivity contribution >= 4 is 17.4 Å². The van der Waals surface area contributed by atoms with Crippen molar-refractivity contribution in [2.45, 2.75) is 20.1 Å². The van der Waals surface area contributed by atoms with E-state index in [1.165, 1.54) is 0 Å². The summed E-state index contributed by atoms with van der Waals surface area (Å²) in [6, 6.07) is 15.2. The monoisotopic (exact) mass is 296 g/mol. The smallest absolute Gasteiger partial charge is 0.411 e. The highest BCUT2D eigenvalue weighted by Crippen LogP contribution is 2.20. The van der Waals surface area contributed by atoms with E-state index < -0.39 is 6.09 Å². The number of hydrogen-bond donors (Lipinski definition) is 2. The molecule has 0 unspecified atom stereocenters. The molecule has 0 radical (unpaired) electrons. The normalized spacial score (nSPS) is 10.1. The van der Waals surface area contributed by atoms with E-state index in [2.05, 4.69) is 11.9 Å². The SMILES string of the molecule is C=C(C)c1cc(CN)cc(NC(=O)OCc2ccccc2)c1. The van der Waals surface area contributed by atoms with E-state index in [0.717, 1.165) is 22.3 Å². The largest absolute Gasteiger partial charge is 0.444 e. The molecule has 0 saturated carbocycles. The van der Waals surface area contributed by atoms with Crippen molar-refractivity contribution in [3.8, 4) is 0 Å². The molecule has 3 N–H and O–H groups in total. The third kappa shape index (κ3) is 4.46. The Labute approximate surface area is 130 Å². The average Bonchev–Trinajstić information content (AvgIpc) is 2.53. The van der Waals surface area contributed by atoms with E-state index in [4.69, 9.17) is 10.5 Å². The van der Waals surface area contributed by atoms with Crippen LogP contribution in [-0.2, 0) is 17.9 Å². The summed E-state index contributed by atoms with van der Waals surface area (Å²) >= 11 is 0. The summed E-state index contributed by atoms with van der Waals surface area (Å²) < 4.78 is 5.20. The Kier molecular flexibility index (Phi) is 5.33. The number of carbonyl (C=O) groups excluding carboxylic acids is 1. The lowest BCUT2D eigenvalue weighted by Crippen LogP contribution is -2.14. The number of ether oxygens (including phenoxy) is 1. The number of rotatable bonds is 5. The Hall–Kier alpha value is -2.59. The van der Waals surface area contributed by atoms with Crippen LogP contribution in [0.5, 0.6) is 0 Å². The number of nitrogens with one attached hydrogen (secondary N) is 1. The summed E-state index contributed by atoms with van der Waals surface area (Å²) in [5.41, 5.74) is 10.1. The van der Waals surface area contributed by atoms with Crippen LogP contribution in [0.1, 0.15) is 23.6 Å². The Bertz CT molecular complexity index is 666. The van der Waals surface area contributed by atoms with E-state index >= 15 is 0 Å². The van der Waals surface area contributed by atoms with Gasteiger partial charge in [-0.3, -0.25) is 5.32 Å². The Morgan fingerprint density at radius 3 is 2.55 bits per heavy atom. The van der Waals surface area contributed by atoms with Crippen molar-refractivity contribution < 1.29 is 9.53 Å². The van der Waals surface area contributed by atoms with Crippen LogP contribution in [0.15, 0.2) is 55.1 Å². The molecular weight excluding hydrogens is 276 g/mol. The van der Waals surface area contributed by atoms with Crippen LogP contribution >= 0.6 is 0 Å². The second-order valence-electron chi connectivity index (χ2n) is 5.09. The molecule has 0 aliphatic heterocycles. The van der Waals surface area contributed by atoms with E-state index in [9.17, 15) is 4.79 Å². The highest BCUT2D eigenvalue weighted by Gasteiger charge is 2.06. The van der Waals surface area contributed by atoms with E-state index in [1.54, 1.807) is 0 Å². The molecule has 0 spiro atoms. The molecule has 2 aromatic rings. The summed E-state index contributed by atoms with van der Waals surface area (Å²) in [4.78, 5) is 11.9. The maximum Gasteiger partial charge on any atom is 0.411 e. The minimum atomic E-state index is -0.495. The Morgan fingerprint density at radius 1 is 1.18 bits per heavy atom. The molecule has 0 heterocycles. The van der Waals surface area contributed by atoms with Gasteiger partial charge in [-0.25, -0.2) is 4.79 Å². The highest BCUT2D eigenvalue weighted by molar-refractivity contribution is 5.85. The number of anilines is 1. The summed E-state index contributed by atoms with van der Waals surface area (Å²) in [5, 5.41) is 2.72. The molecule has 4 heteroatoms. The molecule has 4 nitrogen and oxygen atoms in total. The van der Waals surface area contributed by atoms with Crippen LogP contribution in [0.3, 0.4) is 0 Å². The lowest BCUT2D eigenvalue weighted by molar-refractivity contribution is 0.155. The number of benzene rings is 2. The third-order valence-corrected chi connectivity index (χ3v) is 3.18. The molecule has 0 aliphatic carbocycles. The topological polar surface area (TPSA) is 64.3 Å². The minimum Gasteiger partial charge on any atom is -0.444 e. The number of amides is 1. The lowest BCUT2D eigenvalue weighted by Gasteiger charge is -2.11. The van der Waals surface area contributed by atoms with Crippen molar-refractivity contribution in [2.24, 2.45) is 5.73 Å². The molecular formula is C18H20N2O2. The zero-order valence-electron chi connectivity index (χ0n) is 12.6. The van der Waals surface area contributed by atoms with E-state index in [1.807, 2.05) is 55.5 Å². The van der Waals surface area contributed by atoms with Crippen LogP contribution < -0.4 is 11.1 Å². The van der Waals surface area contributed by atoms with Gasteiger partial charge < -0.3 is 10.5 Å². The Balaban J connectivity index is 2.01. The molecule has 0 aromatic heterocycles. The van der Waals surface area contributed by atoms with Gasteiger partial charge in [-0.1, -0.05) is 48.6 Å². The molecule has 114 valence electrons. The van der Waals surface area contributed by atoms with Gasteiger partial charge in [0.05, 0.1) is 0 Å². The summed E-state index contributed by atoms with van der Waals surface area (Å²) in [5.74, 6) is 0. The average molecular weight is 296 g/mol. The maximum absolute atomic E-state index is 11.9. The molecule has 0 aliphatic rings. The fourth-order valence-corrected chi connectivity index (χ4v) is 2.01. The van der Waals surface area contributed by atoms with Gasteiger partial charge in [0.2, 0.25) is 0 Å². The highest BCUT2D eigenvalue weighted by atomic mass is 16.5. The fraction of sp³-hybridized carbons (Fsp3) is 0.167. The van der Waals surface area contributed by atoms with Crippen LogP contribution in [0.25, 0.3) is 5.57 Å². The summed E-state index contributed by atoms with van der Waals surface area (Å²) in [7, 11) is 0. The van der Waals surface area contributed by atoms with E-state index in [-0.39, 0.29) is 6.61 Å². The summed E-state index contributed by atoms with van der Waals surface area (Å²) in [6.45, 7) is 6.45. The summed E-state index contributed by atoms with van der Waals surface area (Å²) in [6.07, 6.45) is -0.495. The van der Waals surface area contributed by atoms with Gasteiger partial charge in [-0.15, -0.1) is 0 Å². The quantitative estimate of drug-likeness (QED) is 0.878. The van der Waals surface area contributed by atoms with Crippen molar-refractivity contribution in [3.63, 3.8) is 0 Å². The molecule has 1 amide bonds. The molecule has 0 bridgehead atoms. The van der Waals surface area contributed by atoms with Crippen molar-refractivity contribution in [1.29, 1.82) is 0 Å². The first-order chi connectivity index (χ1) is 10.6. The van der Waals surface area contributed by atoms with Crippen LogP contribution in [0.2, 0.25) is 0 Å².